The van der Waals surface area contributed by atoms with Crippen molar-refractivity contribution in [1.82, 2.24) is 0 Å². The Morgan fingerprint density at radius 3 is 1.51 bits per heavy atom. The van der Waals surface area contributed by atoms with Gasteiger partial charge in [-0.15, -0.1) is 0 Å². The smallest absolute Gasteiger partial charge is 0.195 e. The molecule has 0 amide bonds. The van der Waals surface area contributed by atoms with Crippen LogP contribution in [0.1, 0.15) is 11.1 Å². The van der Waals surface area contributed by atoms with E-state index in [2.05, 4.69) is 26.7 Å². The highest BCUT2D eigenvalue weighted by Gasteiger charge is 2.14. The van der Waals surface area contributed by atoms with Gasteiger partial charge in [0.1, 0.15) is 12.1 Å². The quantitative estimate of drug-likeness (QED) is 0.227. The zero-order valence-electron chi connectivity index (χ0n) is 20.7. The summed E-state index contributed by atoms with van der Waals surface area (Å²) >= 11 is 0. The van der Waals surface area contributed by atoms with Crippen LogP contribution in [0.3, 0.4) is 0 Å². The molecule has 5 heteroatoms. The third-order valence-electron chi connectivity index (χ3n) is 6.41. The molecule has 0 fully saturated rings. The molecule has 5 aromatic rings. The second kappa shape index (κ2) is 10.9. The summed E-state index contributed by atoms with van der Waals surface area (Å²) in [5.74, 6) is 0. The number of hydrogen-bond acceptors (Lipinski definition) is 3. The van der Waals surface area contributed by atoms with E-state index >= 15 is 0 Å². The number of benzene rings is 5. The predicted octanol–water partition coefficient (Wildman–Crippen LogP) is 9.34. The summed E-state index contributed by atoms with van der Waals surface area (Å²) in [5, 5.41) is 18.6. The van der Waals surface area contributed by atoms with E-state index in [1.807, 2.05) is 91.0 Å². The average Bonchev–Trinajstić information content (AvgIpc) is 3.01. The molecule has 0 radical (unpaired) electrons. The minimum atomic E-state index is 0.349. The van der Waals surface area contributed by atoms with Crippen LogP contribution in [0, 0.1) is 35.8 Å². The van der Waals surface area contributed by atoms with Crippen LogP contribution >= 0.6 is 0 Å². The molecule has 0 aliphatic heterocycles. The second-order valence-electron chi connectivity index (χ2n) is 8.68. The van der Waals surface area contributed by atoms with Crippen molar-refractivity contribution in [3.63, 3.8) is 0 Å². The molecule has 0 aliphatic rings. The monoisotopic (exact) mass is 497 g/mol. The average molecular weight is 498 g/mol. The summed E-state index contributed by atoms with van der Waals surface area (Å²) < 4.78 is 0. The zero-order chi connectivity index (χ0) is 27.2. The van der Waals surface area contributed by atoms with Gasteiger partial charge in [0.25, 0.3) is 0 Å². The SMILES string of the molecule is [C-]#[N+]c1ccc(-c2ccc(N(c3ccccc3)c3ccc(-c4ccc(C#N)c(C#N)c4)cc3)cc2)cc1[N+]#[C-]. The van der Waals surface area contributed by atoms with Gasteiger partial charge in [0, 0.05) is 17.1 Å². The normalized spacial score (nSPS) is 9.95. The minimum absolute atomic E-state index is 0.349. The molecule has 0 aliphatic carbocycles. The first-order valence-electron chi connectivity index (χ1n) is 12.0. The van der Waals surface area contributed by atoms with Crippen molar-refractivity contribution in [2.24, 2.45) is 0 Å². The lowest BCUT2D eigenvalue weighted by Gasteiger charge is -2.26. The lowest BCUT2D eigenvalue weighted by Crippen LogP contribution is -2.09. The van der Waals surface area contributed by atoms with Gasteiger partial charge in [-0.1, -0.05) is 66.7 Å². The zero-order valence-corrected chi connectivity index (χ0v) is 20.7. The summed E-state index contributed by atoms with van der Waals surface area (Å²) in [4.78, 5) is 9.08. The number of para-hydroxylation sites is 1. The maximum absolute atomic E-state index is 9.40. The molecule has 0 saturated heterocycles. The van der Waals surface area contributed by atoms with Gasteiger partial charge in [-0.3, -0.25) is 9.69 Å². The van der Waals surface area contributed by atoms with Crippen LogP contribution in [-0.4, -0.2) is 0 Å². The van der Waals surface area contributed by atoms with E-state index in [1.165, 1.54) is 0 Å². The van der Waals surface area contributed by atoms with Gasteiger partial charge in [-0.25, -0.2) is 0 Å². The van der Waals surface area contributed by atoms with Crippen molar-refractivity contribution >= 4 is 28.4 Å². The fraction of sp³-hybridized carbons (Fsp3) is 0. The molecular formula is C34H19N5. The molecule has 0 spiro atoms. The highest BCUT2D eigenvalue weighted by molar-refractivity contribution is 5.82. The predicted molar refractivity (Wildman–Crippen MR) is 154 cm³/mol. The number of rotatable bonds is 5. The first kappa shape index (κ1) is 24.5. The Morgan fingerprint density at radius 1 is 0.487 bits per heavy atom. The Balaban J connectivity index is 1.51. The molecule has 5 rings (SSSR count). The van der Waals surface area contributed by atoms with E-state index in [0.717, 1.165) is 39.3 Å². The lowest BCUT2D eigenvalue weighted by molar-refractivity contribution is 1.28. The largest absolute Gasteiger partial charge is 0.311 e. The van der Waals surface area contributed by atoms with Crippen molar-refractivity contribution in [2.75, 3.05) is 4.90 Å². The maximum Gasteiger partial charge on any atom is 0.195 e. The van der Waals surface area contributed by atoms with Crippen molar-refractivity contribution in [1.29, 1.82) is 10.5 Å². The van der Waals surface area contributed by atoms with E-state index in [0.29, 0.717) is 22.5 Å². The first-order valence-corrected chi connectivity index (χ1v) is 12.0. The molecule has 0 N–H and O–H groups in total. The Morgan fingerprint density at radius 2 is 0.974 bits per heavy atom. The summed E-state index contributed by atoms with van der Waals surface area (Å²) in [6, 6.07) is 41.0. The van der Waals surface area contributed by atoms with Gasteiger partial charge in [0.2, 0.25) is 0 Å². The van der Waals surface area contributed by atoms with E-state index in [-0.39, 0.29) is 0 Å². The number of nitrogens with zero attached hydrogens (tertiary/aromatic N) is 5. The van der Waals surface area contributed by atoms with E-state index in [9.17, 15) is 10.5 Å². The first-order chi connectivity index (χ1) is 19.1. The molecule has 0 atom stereocenters. The van der Waals surface area contributed by atoms with Gasteiger partial charge in [0.05, 0.1) is 24.3 Å². The van der Waals surface area contributed by atoms with Crippen LogP contribution in [0.5, 0.6) is 0 Å². The third-order valence-corrected chi connectivity index (χ3v) is 6.41. The summed E-state index contributed by atoms with van der Waals surface area (Å²) in [6.45, 7) is 14.6. The highest BCUT2D eigenvalue weighted by Crippen LogP contribution is 2.38. The van der Waals surface area contributed by atoms with Crippen molar-refractivity contribution < 1.29 is 0 Å². The standard InChI is InChI=1S/C34H19N5/c1-37-33-19-14-27(21-34(33)38-2)25-12-17-32(18-13-25)39(30-6-4-3-5-7-30)31-15-10-24(11-16-31)26-8-9-28(22-35)29(20-26)23-36/h3-21H. The Labute approximate surface area is 227 Å². The minimum Gasteiger partial charge on any atom is -0.311 e. The molecular weight excluding hydrogens is 478 g/mol. The summed E-state index contributed by atoms with van der Waals surface area (Å²) in [6.07, 6.45) is 0. The van der Waals surface area contributed by atoms with E-state index in [1.54, 1.807) is 24.3 Å². The molecule has 5 nitrogen and oxygen atoms in total. The van der Waals surface area contributed by atoms with Crippen LogP contribution in [-0.2, 0) is 0 Å². The molecule has 0 saturated carbocycles. The fourth-order valence-corrected chi connectivity index (χ4v) is 4.43. The van der Waals surface area contributed by atoms with Crippen LogP contribution < -0.4 is 4.90 Å². The lowest BCUT2D eigenvalue weighted by atomic mass is 9.99. The second-order valence-corrected chi connectivity index (χ2v) is 8.68. The number of anilines is 3. The van der Waals surface area contributed by atoms with Crippen LogP contribution in [0.2, 0.25) is 0 Å². The molecule has 0 heterocycles. The maximum atomic E-state index is 9.40. The van der Waals surface area contributed by atoms with Crippen molar-refractivity contribution in [3.05, 3.63) is 149 Å². The van der Waals surface area contributed by atoms with Crippen LogP contribution in [0.4, 0.5) is 28.4 Å². The molecule has 180 valence electrons. The molecule has 39 heavy (non-hydrogen) atoms. The summed E-state index contributed by atoms with van der Waals surface area (Å²) in [5.41, 5.74) is 8.01. The van der Waals surface area contributed by atoms with Crippen LogP contribution in [0.15, 0.2) is 115 Å². The van der Waals surface area contributed by atoms with Crippen molar-refractivity contribution in [3.8, 4) is 34.4 Å². The van der Waals surface area contributed by atoms with E-state index in [4.69, 9.17) is 13.1 Å². The van der Waals surface area contributed by atoms with Gasteiger partial charge in [0.15, 0.2) is 11.4 Å². The molecule has 5 aromatic carbocycles. The fourth-order valence-electron chi connectivity index (χ4n) is 4.43. The topological polar surface area (TPSA) is 59.5 Å². The van der Waals surface area contributed by atoms with Gasteiger partial charge < -0.3 is 4.90 Å². The molecule has 0 bridgehead atoms. The van der Waals surface area contributed by atoms with Crippen molar-refractivity contribution in [2.45, 2.75) is 0 Å². The number of hydrogen-bond donors (Lipinski definition) is 0. The van der Waals surface area contributed by atoms with E-state index < -0.39 is 0 Å². The Kier molecular flexibility index (Phi) is 6.84. The third kappa shape index (κ3) is 4.94. The summed E-state index contributed by atoms with van der Waals surface area (Å²) in [7, 11) is 0. The Hall–Kier alpha value is -6.14. The highest BCUT2D eigenvalue weighted by atomic mass is 15.1. The van der Waals surface area contributed by atoms with Crippen LogP contribution in [0.25, 0.3) is 31.9 Å². The molecule has 0 unspecified atom stereocenters. The van der Waals surface area contributed by atoms with Gasteiger partial charge >= 0.3 is 0 Å². The number of nitriles is 2. The van der Waals surface area contributed by atoms with Gasteiger partial charge in [-0.05, 0) is 70.8 Å². The Bertz CT molecular complexity index is 1710. The molecule has 0 aromatic heterocycles. The van der Waals surface area contributed by atoms with Gasteiger partial charge in [-0.2, -0.15) is 10.5 Å².